The molecule has 0 aliphatic rings. The van der Waals surface area contributed by atoms with Gasteiger partial charge in [-0.25, -0.2) is 0 Å². The van der Waals surface area contributed by atoms with Crippen LogP contribution in [0.4, 0.5) is 0 Å². The molecule has 0 N–H and O–H groups in total. The second kappa shape index (κ2) is 6.87. The van der Waals surface area contributed by atoms with Crippen LogP contribution in [0.25, 0.3) is 10.9 Å². The molecule has 23 heavy (non-hydrogen) atoms. The van der Waals surface area contributed by atoms with Crippen molar-refractivity contribution in [2.75, 3.05) is 0 Å². The summed E-state index contributed by atoms with van der Waals surface area (Å²) in [6.07, 6.45) is 0. The summed E-state index contributed by atoms with van der Waals surface area (Å²) in [6.45, 7) is 14.2. The molecule has 0 unspecified atom stereocenters. The van der Waals surface area contributed by atoms with Crippen molar-refractivity contribution in [1.29, 1.82) is 0 Å². The maximum Gasteiger partial charge on any atom is 0.146 e. The van der Waals surface area contributed by atoms with E-state index in [-0.39, 0.29) is 0 Å². The van der Waals surface area contributed by atoms with Gasteiger partial charge in [-0.1, -0.05) is 69.5 Å². The van der Waals surface area contributed by atoms with E-state index in [1.165, 1.54) is 10.9 Å². The molecule has 1 aromatic heterocycles. The number of fused-ring (bicyclic) bond motifs is 1. The number of nitrogens with zero attached hydrogens (tertiary/aromatic N) is 1. The molecule has 2 aromatic rings. The van der Waals surface area contributed by atoms with Crippen LogP contribution in [0.15, 0.2) is 28.7 Å². The predicted octanol–water partition coefficient (Wildman–Crippen LogP) is 6.51. The topological polar surface area (TPSA) is 4.93 Å². The van der Waals surface area contributed by atoms with Gasteiger partial charge in [-0.2, -0.15) is 0 Å². The minimum absolute atomic E-state index is 0.666. The van der Waals surface area contributed by atoms with Gasteiger partial charge < -0.3 is 4.57 Å². The number of hydrogen-bond donors (Lipinski definition) is 0. The van der Waals surface area contributed by atoms with Crippen molar-refractivity contribution in [3.05, 3.63) is 34.4 Å². The van der Waals surface area contributed by atoms with Gasteiger partial charge in [-0.05, 0) is 34.8 Å². The van der Waals surface area contributed by atoms with E-state index in [2.05, 4.69) is 105 Å². The summed E-state index contributed by atoms with van der Waals surface area (Å²) in [7, 11) is 0.436. The first-order valence-corrected chi connectivity index (χ1v) is 11.5. The molecule has 0 radical (unpaired) electrons. The van der Waals surface area contributed by atoms with Crippen LogP contribution in [0.1, 0.15) is 47.2 Å². The summed E-state index contributed by atoms with van der Waals surface area (Å²) in [4.78, 5) is 0. The lowest BCUT2D eigenvalue weighted by Gasteiger charge is -2.38. The van der Waals surface area contributed by atoms with Gasteiger partial charge >= 0.3 is 0 Å². The Bertz CT molecular complexity index is 737. The Morgan fingerprint density at radius 3 is 2.04 bits per heavy atom. The molecule has 0 saturated carbocycles. The molecule has 1 heterocycles. The Morgan fingerprint density at radius 2 is 1.52 bits per heavy atom. The third kappa shape index (κ3) is 3.30. The van der Waals surface area contributed by atoms with Crippen LogP contribution in [-0.4, -0.2) is 12.6 Å². The largest absolute Gasteiger partial charge is 0.337 e. The quantitative estimate of drug-likeness (QED) is 0.416. The zero-order chi connectivity index (χ0) is 17.4. The first kappa shape index (κ1) is 18.4. The highest BCUT2D eigenvalue weighted by atomic mass is 79.9. The van der Waals surface area contributed by atoms with Crippen LogP contribution in [-0.2, 0) is 7.05 Å². The highest BCUT2D eigenvalue weighted by Crippen LogP contribution is 2.40. The number of benzene rings is 1. The monoisotopic (exact) mass is 389 g/mol. The summed E-state index contributed by atoms with van der Waals surface area (Å²) in [6, 6.07) is 8.63. The van der Waals surface area contributed by atoms with E-state index in [1.807, 2.05) is 0 Å². The standard InChI is InChI=1S/C20H28BrNSi/c1-14(2)23(15(3)4,16(5)6)11-10-19-12-17-8-9-18(21)13-20(17)22(19)7/h8-9,12-16H,1-7H3. The first-order valence-electron chi connectivity index (χ1n) is 8.48. The van der Waals surface area contributed by atoms with Crippen LogP contribution in [0.5, 0.6) is 0 Å². The fourth-order valence-electron chi connectivity index (χ4n) is 4.03. The molecule has 0 fully saturated rings. The molecule has 124 valence electrons. The number of halogens is 1. The van der Waals surface area contributed by atoms with Crippen molar-refractivity contribution in [2.45, 2.75) is 58.2 Å². The van der Waals surface area contributed by atoms with Crippen molar-refractivity contribution in [1.82, 2.24) is 4.57 Å². The van der Waals surface area contributed by atoms with Crippen LogP contribution in [0.3, 0.4) is 0 Å². The molecule has 2 rings (SSSR count). The average molecular weight is 390 g/mol. The van der Waals surface area contributed by atoms with E-state index in [4.69, 9.17) is 0 Å². The lowest BCUT2D eigenvalue weighted by atomic mass is 10.2. The maximum atomic E-state index is 3.82. The van der Waals surface area contributed by atoms with Crippen LogP contribution in [0.2, 0.25) is 16.6 Å². The van der Waals surface area contributed by atoms with E-state index < -0.39 is 8.07 Å². The number of hydrogen-bond acceptors (Lipinski definition) is 0. The predicted molar refractivity (Wildman–Crippen MR) is 109 cm³/mol. The van der Waals surface area contributed by atoms with Crippen molar-refractivity contribution in [3.63, 3.8) is 0 Å². The maximum absolute atomic E-state index is 3.82. The fourth-order valence-corrected chi connectivity index (χ4v) is 9.59. The molecule has 1 nitrogen and oxygen atoms in total. The fraction of sp³-hybridized carbons (Fsp3) is 0.500. The molecular formula is C20H28BrNSi. The lowest BCUT2D eigenvalue weighted by molar-refractivity contribution is 0.838. The Kier molecular flexibility index (Phi) is 5.48. The Labute approximate surface area is 150 Å². The van der Waals surface area contributed by atoms with Crippen LogP contribution in [0, 0.1) is 11.5 Å². The second-order valence-corrected chi connectivity index (χ2v) is 13.9. The van der Waals surface area contributed by atoms with E-state index >= 15 is 0 Å². The highest BCUT2D eigenvalue weighted by molar-refractivity contribution is 9.10. The molecule has 0 atom stereocenters. The second-order valence-electron chi connectivity index (χ2n) is 7.44. The molecule has 0 saturated heterocycles. The summed E-state index contributed by atoms with van der Waals surface area (Å²) < 4.78 is 3.33. The molecule has 0 spiro atoms. The van der Waals surface area contributed by atoms with Crippen molar-refractivity contribution < 1.29 is 0 Å². The average Bonchev–Trinajstić information content (AvgIpc) is 2.75. The van der Waals surface area contributed by atoms with Gasteiger partial charge in [0.1, 0.15) is 8.07 Å². The number of aryl methyl sites for hydroxylation is 1. The van der Waals surface area contributed by atoms with Gasteiger partial charge in [-0.15, -0.1) is 5.54 Å². The Balaban J connectivity index is 2.57. The number of rotatable bonds is 3. The minimum Gasteiger partial charge on any atom is -0.337 e. The Hall–Kier alpha value is -0.983. The van der Waals surface area contributed by atoms with E-state index in [1.54, 1.807) is 0 Å². The van der Waals surface area contributed by atoms with Gasteiger partial charge in [0.25, 0.3) is 0 Å². The lowest BCUT2D eigenvalue weighted by Crippen LogP contribution is -2.43. The molecule has 0 aliphatic carbocycles. The summed E-state index contributed by atoms with van der Waals surface area (Å²) in [5.74, 6) is 3.57. The molecule has 0 bridgehead atoms. The molecule has 0 amide bonds. The first-order chi connectivity index (χ1) is 10.7. The number of aromatic nitrogens is 1. The van der Waals surface area contributed by atoms with Crippen LogP contribution < -0.4 is 0 Å². The molecule has 1 aromatic carbocycles. The third-order valence-electron chi connectivity index (χ3n) is 5.28. The Morgan fingerprint density at radius 1 is 0.957 bits per heavy atom. The van der Waals surface area contributed by atoms with E-state index in [9.17, 15) is 0 Å². The normalized spacial score (nSPS) is 12.3. The van der Waals surface area contributed by atoms with Gasteiger partial charge in [0, 0.05) is 22.4 Å². The zero-order valence-electron chi connectivity index (χ0n) is 15.4. The van der Waals surface area contributed by atoms with Gasteiger partial charge in [0.05, 0.1) is 5.69 Å². The zero-order valence-corrected chi connectivity index (χ0v) is 18.0. The van der Waals surface area contributed by atoms with Gasteiger partial charge in [0.2, 0.25) is 0 Å². The molecule has 3 heteroatoms. The van der Waals surface area contributed by atoms with E-state index in [0.29, 0.717) is 16.6 Å². The smallest absolute Gasteiger partial charge is 0.146 e. The van der Waals surface area contributed by atoms with Gasteiger partial charge in [0.15, 0.2) is 0 Å². The third-order valence-corrected chi connectivity index (χ3v) is 12.1. The van der Waals surface area contributed by atoms with Crippen molar-refractivity contribution in [2.24, 2.45) is 7.05 Å². The summed E-state index contributed by atoms with van der Waals surface area (Å²) >= 11 is 3.56. The molecule has 0 aliphatic heterocycles. The summed E-state index contributed by atoms with van der Waals surface area (Å²) in [5.41, 5.74) is 8.17. The van der Waals surface area contributed by atoms with E-state index in [0.717, 1.165) is 10.2 Å². The summed E-state index contributed by atoms with van der Waals surface area (Å²) in [5, 5.41) is 1.26. The van der Waals surface area contributed by atoms with Crippen LogP contribution >= 0.6 is 15.9 Å². The highest BCUT2D eigenvalue weighted by Gasteiger charge is 2.41. The molecular weight excluding hydrogens is 362 g/mol. The van der Waals surface area contributed by atoms with Crippen molar-refractivity contribution in [3.8, 4) is 11.5 Å². The van der Waals surface area contributed by atoms with Crippen molar-refractivity contribution >= 4 is 34.9 Å². The van der Waals surface area contributed by atoms with Gasteiger partial charge in [-0.3, -0.25) is 0 Å². The SMILES string of the molecule is CC(C)[Si](C#Cc1cc2ccc(Br)cc2n1C)(C(C)C)C(C)C. The minimum atomic E-state index is -1.68.